The smallest absolute Gasteiger partial charge is 0.119 e. The summed E-state index contributed by atoms with van der Waals surface area (Å²) < 4.78 is 10.8. The van der Waals surface area contributed by atoms with Crippen molar-refractivity contribution in [3.8, 4) is 5.75 Å². The van der Waals surface area contributed by atoms with Gasteiger partial charge in [0.05, 0.1) is 19.8 Å². The maximum atomic E-state index is 5.63. The predicted molar refractivity (Wildman–Crippen MR) is 50.9 cm³/mol. The van der Waals surface area contributed by atoms with E-state index >= 15 is 0 Å². The third-order valence-corrected chi connectivity index (χ3v) is 2.23. The lowest BCUT2D eigenvalue weighted by Gasteiger charge is -2.37. The average molecular weight is 178 g/mol. The van der Waals surface area contributed by atoms with Gasteiger partial charge >= 0.3 is 0 Å². The number of ether oxygens (including phenoxy) is 2. The van der Waals surface area contributed by atoms with Gasteiger partial charge < -0.3 is 9.47 Å². The fourth-order valence-electron chi connectivity index (χ4n) is 1.31. The summed E-state index contributed by atoms with van der Waals surface area (Å²) in [5, 5.41) is 0. The van der Waals surface area contributed by atoms with Crippen LogP contribution in [0.5, 0.6) is 5.75 Å². The summed E-state index contributed by atoms with van der Waals surface area (Å²) in [5.41, 5.74) is 0.232. The minimum atomic E-state index is 0.232. The van der Waals surface area contributed by atoms with Crippen LogP contribution in [0.4, 0.5) is 0 Å². The van der Waals surface area contributed by atoms with Crippen LogP contribution in [-0.4, -0.2) is 19.8 Å². The quantitative estimate of drug-likeness (QED) is 0.705. The van der Waals surface area contributed by atoms with E-state index < -0.39 is 0 Å². The zero-order valence-electron chi connectivity index (χ0n) is 7.82. The van der Waals surface area contributed by atoms with Crippen molar-refractivity contribution in [2.75, 3.05) is 19.8 Å². The van der Waals surface area contributed by atoms with Gasteiger partial charge in [-0.15, -0.1) is 0 Å². The van der Waals surface area contributed by atoms with Crippen molar-refractivity contribution in [1.29, 1.82) is 0 Å². The molecule has 1 fully saturated rings. The zero-order chi connectivity index (χ0) is 9.15. The SMILES string of the molecule is CC1(COc2ccccc2)COC1. The molecule has 1 aliphatic rings. The predicted octanol–water partition coefficient (Wildman–Crippen LogP) is 2.10. The van der Waals surface area contributed by atoms with Gasteiger partial charge in [-0.1, -0.05) is 25.1 Å². The Morgan fingerprint density at radius 2 is 2.00 bits per heavy atom. The molecule has 1 aromatic rings. The third-order valence-electron chi connectivity index (χ3n) is 2.23. The Labute approximate surface area is 78.5 Å². The van der Waals surface area contributed by atoms with Crippen molar-refractivity contribution in [3.05, 3.63) is 30.3 Å². The molecular weight excluding hydrogens is 164 g/mol. The molecule has 0 aliphatic carbocycles. The minimum Gasteiger partial charge on any atom is -0.493 e. The first-order valence-corrected chi connectivity index (χ1v) is 4.54. The minimum absolute atomic E-state index is 0.232. The molecule has 70 valence electrons. The molecule has 2 nitrogen and oxygen atoms in total. The maximum Gasteiger partial charge on any atom is 0.119 e. The largest absolute Gasteiger partial charge is 0.493 e. The molecule has 0 aromatic heterocycles. The van der Waals surface area contributed by atoms with Crippen LogP contribution >= 0.6 is 0 Å². The van der Waals surface area contributed by atoms with Crippen LogP contribution in [0.15, 0.2) is 30.3 Å². The second kappa shape index (κ2) is 3.38. The van der Waals surface area contributed by atoms with Crippen LogP contribution in [0.1, 0.15) is 6.92 Å². The molecule has 0 unspecified atom stereocenters. The van der Waals surface area contributed by atoms with E-state index in [1.165, 1.54) is 0 Å². The van der Waals surface area contributed by atoms with E-state index in [4.69, 9.17) is 9.47 Å². The summed E-state index contributed by atoms with van der Waals surface area (Å²) in [6.07, 6.45) is 0. The van der Waals surface area contributed by atoms with Crippen molar-refractivity contribution >= 4 is 0 Å². The van der Waals surface area contributed by atoms with Crippen molar-refractivity contribution < 1.29 is 9.47 Å². The van der Waals surface area contributed by atoms with Gasteiger partial charge in [0, 0.05) is 5.41 Å². The highest BCUT2D eigenvalue weighted by Crippen LogP contribution is 2.27. The van der Waals surface area contributed by atoms with Crippen molar-refractivity contribution in [2.24, 2.45) is 5.41 Å². The number of benzene rings is 1. The summed E-state index contributed by atoms with van der Waals surface area (Å²) in [6, 6.07) is 9.90. The van der Waals surface area contributed by atoms with Gasteiger partial charge in [0.2, 0.25) is 0 Å². The second-order valence-electron chi connectivity index (χ2n) is 3.91. The number of rotatable bonds is 3. The number of para-hydroxylation sites is 1. The highest BCUT2D eigenvalue weighted by Gasteiger charge is 2.34. The van der Waals surface area contributed by atoms with Crippen molar-refractivity contribution in [2.45, 2.75) is 6.92 Å². The average Bonchev–Trinajstić information content (AvgIpc) is 2.13. The van der Waals surface area contributed by atoms with E-state index in [9.17, 15) is 0 Å². The first-order valence-electron chi connectivity index (χ1n) is 4.54. The molecule has 1 saturated heterocycles. The van der Waals surface area contributed by atoms with Crippen LogP contribution in [0.2, 0.25) is 0 Å². The Bertz CT molecular complexity index is 265. The summed E-state index contributed by atoms with van der Waals surface area (Å²) >= 11 is 0. The molecule has 0 bridgehead atoms. The molecule has 0 N–H and O–H groups in total. The van der Waals surface area contributed by atoms with Gasteiger partial charge in [0.1, 0.15) is 5.75 Å². The fourth-order valence-corrected chi connectivity index (χ4v) is 1.31. The third kappa shape index (κ3) is 2.01. The van der Waals surface area contributed by atoms with Crippen molar-refractivity contribution in [1.82, 2.24) is 0 Å². The number of hydrogen-bond acceptors (Lipinski definition) is 2. The van der Waals surface area contributed by atoms with Crippen LogP contribution < -0.4 is 4.74 Å². The Hall–Kier alpha value is -1.02. The molecule has 13 heavy (non-hydrogen) atoms. The lowest BCUT2D eigenvalue weighted by atomic mass is 9.90. The molecule has 2 heteroatoms. The van der Waals surface area contributed by atoms with Gasteiger partial charge in [-0.3, -0.25) is 0 Å². The molecular formula is C11H14O2. The Kier molecular flexibility index (Phi) is 2.23. The summed E-state index contributed by atoms with van der Waals surface area (Å²) in [4.78, 5) is 0. The van der Waals surface area contributed by atoms with Gasteiger partial charge in [-0.05, 0) is 12.1 Å². The Morgan fingerprint density at radius 3 is 2.54 bits per heavy atom. The topological polar surface area (TPSA) is 18.5 Å². The molecule has 1 aliphatic heterocycles. The van der Waals surface area contributed by atoms with Gasteiger partial charge in [-0.25, -0.2) is 0 Å². The molecule has 0 atom stereocenters. The maximum absolute atomic E-state index is 5.63. The van der Waals surface area contributed by atoms with E-state index in [0.29, 0.717) is 0 Å². The zero-order valence-corrected chi connectivity index (χ0v) is 7.82. The molecule has 0 radical (unpaired) electrons. The van der Waals surface area contributed by atoms with Crippen LogP contribution in [-0.2, 0) is 4.74 Å². The van der Waals surface area contributed by atoms with Crippen LogP contribution in [0.25, 0.3) is 0 Å². The first-order chi connectivity index (χ1) is 6.29. The summed E-state index contributed by atoms with van der Waals surface area (Å²) in [7, 11) is 0. The van der Waals surface area contributed by atoms with Crippen LogP contribution in [0, 0.1) is 5.41 Å². The Balaban J connectivity index is 1.86. The standard InChI is InChI=1S/C11H14O2/c1-11(7-12-8-11)9-13-10-5-3-2-4-6-10/h2-6H,7-9H2,1H3. The van der Waals surface area contributed by atoms with Crippen LogP contribution in [0.3, 0.4) is 0 Å². The second-order valence-corrected chi connectivity index (χ2v) is 3.91. The van der Waals surface area contributed by atoms with E-state index in [0.717, 1.165) is 25.6 Å². The van der Waals surface area contributed by atoms with E-state index in [1.54, 1.807) is 0 Å². The van der Waals surface area contributed by atoms with Gasteiger partial charge in [-0.2, -0.15) is 0 Å². The lowest BCUT2D eigenvalue weighted by Crippen LogP contribution is -2.44. The monoisotopic (exact) mass is 178 g/mol. The first kappa shape index (κ1) is 8.57. The van der Waals surface area contributed by atoms with Crippen molar-refractivity contribution in [3.63, 3.8) is 0 Å². The molecule has 0 spiro atoms. The highest BCUT2D eigenvalue weighted by atomic mass is 16.5. The molecule has 1 aromatic carbocycles. The van der Waals surface area contributed by atoms with E-state index in [2.05, 4.69) is 6.92 Å². The van der Waals surface area contributed by atoms with Gasteiger partial charge in [0.25, 0.3) is 0 Å². The summed E-state index contributed by atoms with van der Waals surface area (Å²) in [6.45, 7) is 4.57. The molecule has 1 heterocycles. The van der Waals surface area contributed by atoms with Gasteiger partial charge in [0.15, 0.2) is 0 Å². The summed E-state index contributed by atoms with van der Waals surface area (Å²) in [5.74, 6) is 0.940. The number of hydrogen-bond donors (Lipinski definition) is 0. The Morgan fingerprint density at radius 1 is 1.31 bits per heavy atom. The lowest BCUT2D eigenvalue weighted by molar-refractivity contribution is -0.120. The molecule has 0 amide bonds. The fraction of sp³-hybridized carbons (Fsp3) is 0.455. The molecule has 0 saturated carbocycles. The highest BCUT2D eigenvalue weighted by molar-refractivity contribution is 5.21. The molecule has 2 rings (SSSR count). The van der Waals surface area contributed by atoms with E-state index in [1.807, 2.05) is 30.3 Å². The van der Waals surface area contributed by atoms with E-state index in [-0.39, 0.29) is 5.41 Å². The normalized spacial score (nSPS) is 19.2.